The fourth-order valence-corrected chi connectivity index (χ4v) is 10.3. The van der Waals surface area contributed by atoms with Crippen molar-refractivity contribution in [3.8, 4) is 11.8 Å². The maximum Gasteiger partial charge on any atom is 0.251 e. The third kappa shape index (κ3) is 9.47. The number of β-amino-alcohol motifs (C(OH)–C–C–N with tert-alkyl or cyclic N) is 1. The summed E-state index contributed by atoms with van der Waals surface area (Å²) < 4.78 is 11.9. The lowest BCUT2D eigenvalue weighted by Gasteiger charge is -2.63. The monoisotopic (exact) mass is 891 g/mol. The number of carbonyl (C=O) groups excluding carboxylic acids is 4. The average Bonchev–Trinajstić information content (AvgIpc) is 3.89. The number of nitrogens with zero attached hydrogens (tertiary/aromatic N) is 5. The van der Waals surface area contributed by atoms with Crippen LogP contribution < -0.4 is 20.3 Å². The number of aromatic nitrogens is 1. The fourth-order valence-electron chi connectivity index (χ4n) is 10.1. The minimum Gasteiger partial charge on any atom is -0.489 e. The number of anilines is 1. The van der Waals surface area contributed by atoms with Gasteiger partial charge in [0.15, 0.2) is 0 Å². The summed E-state index contributed by atoms with van der Waals surface area (Å²) in [6, 6.07) is 23.8. The molecule has 4 atom stereocenters. The Balaban J connectivity index is 0.941. The molecule has 7 rings (SSSR count). The molecule has 4 aromatic rings. The van der Waals surface area contributed by atoms with Gasteiger partial charge in [-0.1, -0.05) is 88.6 Å². The maximum atomic E-state index is 14.0. The number of nitriles is 1. The van der Waals surface area contributed by atoms with Gasteiger partial charge in [0.25, 0.3) is 5.91 Å². The van der Waals surface area contributed by atoms with Gasteiger partial charge in [-0.05, 0) is 54.8 Å². The summed E-state index contributed by atoms with van der Waals surface area (Å²) in [5.41, 5.74) is 2.45. The highest BCUT2D eigenvalue weighted by molar-refractivity contribution is 6.31. The number of amides is 4. The molecule has 3 heterocycles. The number of aliphatic hydroxyl groups is 1. The number of hydrogen-bond donors (Lipinski definition) is 3. The van der Waals surface area contributed by atoms with Crippen LogP contribution in [0, 0.1) is 35.0 Å². The van der Waals surface area contributed by atoms with Gasteiger partial charge in [-0.2, -0.15) is 5.26 Å². The zero-order valence-corrected chi connectivity index (χ0v) is 38.3. The van der Waals surface area contributed by atoms with Crippen LogP contribution in [0.2, 0.25) is 5.02 Å². The van der Waals surface area contributed by atoms with E-state index < -0.39 is 40.8 Å². The summed E-state index contributed by atoms with van der Waals surface area (Å²) in [5.74, 6) is -0.899. The standard InChI is InChI=1S/C49H58ClN7O7/c1-29(2)42(40-23-30(3)54-64-40)45(62)57-28-35(58)24-39(57)44(61)52-38(31-11-9-8-10-12-31)26-41(59)56-21-19-55(20-22-56)34-16-13-32(14-17-34)43(60)53-46-48(4,5)47(49(46,6)7)63-36-18-15-33(27-51)37(50)25-36/h8-18,23,25,29,35,38-39,42,46-47,58H,19-22,24,26,28H2,1-7H3,(H,52,61)(H,53,60). The van der Waals surface area contributed by atoms with Crippen LogP contribution in [-0.2, 0) is 14.4 Å². The average molecular weight is 892 g/mol. The minimum atomic E-state index is -0.930. The van der Waals surface area contributed by atoms with Gasteiger partial charge in [0.1, 0.15) is 35.6 Å². The third-order valence-corrected chi connectivity index (χ3v) is 13.5. The number of hydrogen-bond acceptors (Lipinski definition) is 10. The van der Waals surface area contributed by atoms with Gasteiger partial charge >= 0.3 is 0 Å². The van der Waals surface area contributed by atoms with Crippen LogP contribution in [0.5, 0.6) is 5.75 Å². The molecule has 3 N–H and O–H groups in total. The molecule has 0 bridgehead atoms. The number of nitrogens with one attached hydrogen (secondary N) is 2. The second kappa shape index (κ2) is 18.7. The molecule has 64 heavy (non-hydrogen) atoms. The molecular formula is C49H58ClN7O7. The SMILES string of the molecule is Cc1cc(C(C(=O)N2CC(O)CC2C(=O)NC(CC(=O)N2CCN(c3ccc(C(=O)NC4C(C)(C)C(Oc5ccc(C#N)c(Cl)c5)C4(C)C)cc3)CC2)c2ccccc2)C(C)C)on1. The number of ether oxygens (including phenoxy) is 1. The van der Waals surface area contributed by atoms with Crippen molar-refractivity contribution in [1.82, 2.24) is 25.6 Å². The Morgan fingerprint density at radius 2 is 1.64 bits per heavy atom. The molecule has 1 saturated carbocycles. The molecule has 0 radical (unpaired) electrons. The van der Waals surface area contributed by atoms with Gasteiger partial charge in [0, 0.05) is 79.4 Å². The van der Waals surface area contributed by atoms with E-state index in [1.807, 2.05) is 68.4 Å². The van der Waals surface area contributed by atoms with Crippen molar-refractivity contribution in [2.24, 2.45) is 16.7 Å². The highest BCUT2D eigenvalue weighted by Crippen LogP contribution is 2.55. The molecule has 1 aliphatic carbocycles. The van der Waals surface area contributed by atoms with E-state index >= 15 is 0 Å². The first kappa shape index (κ1) is 46.1. The van der Waals surface area contributed by atoms with Crippen molar-refractivity contribution in [3.05, 3.63) is 112 Å². The summed E-state index contributed by atoms with van der Waals surface area (Å²) >= 11 is 6.26. The summed E-state index contributed by atoms with van der Waals surface area (Å²) in [6.45, 7) is 15.9. The number of likely N-dealkylation sites (tertiary alicyclic amines) is 1. The molecule has 338 valence electrons. The van der Waals surface area contributed by atoms with Crippen LogP contribution in [0.15, 0.2) is 83.4 Å². The van der Waals surface area contributed by atoms with Crippen molar-refractivity contribution < 1.29 is 33.5 Å². The van der Waals surface area contributed by atoms with Crippen LogP contribution in [0.4, 0.5) is 5.69 Å². The van der Waals surface area contributed by atoms with Crippen LogP contribution in [0.25, 0.3) is 0 Å². The molecule has 2 aliphatic heterocycles. The predicted molar refractivity (Wildman–Crippen MR) is 242 cm³/mol. The molecule has 1 aromatic heterocycles. The van der Waals surface area contributed by atoms with Gasteiger partial charge in [-0.15, -0.1) is 0 Å². The highest BCUT2D eigenvalue weighted by Gasteiger charge is 2.64. The molecule has 3 fully saturated rings. The smallest absolute Gasteiger partial charge is 0.251 e. The molecular weight excluding hydrogens is 834 g/mol. The molecule has 14 nitrogen and oxygen atoms in total. The lowest BCUT2D eigenvalue weighted by molar-refractivity contribution is -0.164. The van der Waals surface area contributed by atoms with Crippen LogP contribution >= 0.6 is 11.6 Å². The molecule has 2 saturated heterocycles. The van der Waals surface area contributed by atoms with E-state index in [2.05, 4.69) is 54.5 Å². The molecule has 0 spiro atoms. The van der Waals surface area contributed by atoms with Gasteiger partial charge in [-0.25, -0.2) is 0 Å². The number of benzene rings is 3. The van der Waals surface area contributed by atoms with E-state index in [1.54, 1.807) is 36.1 Å². The molecule has 15 heteroatoms. The Labute approximate surface area is 379 Å². The van der Waals surface area contributed by atoms with E-state index in [-0.39, 0.29) is 55.2 Å². The van der Waals surface area contributed by atoms with E-state index in [1.165, 1.54) is 4.90 Å². The maximum absolute atomic E-state index is 14.0. The van der Waals surface area contributed by atoms with Crippen molar-refractivity contribution >= 4 is 40.9 Å². The Morgan fingerprint density at radius 3 is 2.23 bits per heavy atom. The number of aliphatic hydroxyl groups excluding tert-OH is 1. The van der Waals surface area contributed by atoms with Crippen molar-refractivity contribution in [2.75, 3.05) is 37.6 Å². The Bertz CT molecular complexity index is 2370. The summed E-state index contributed by atoms with van der Waals surface area (Å²) in [4.78, 5) is 61.0. The Kier molecular flexibility index (Phi) is 13.4. The van der Waals surface area contributed by atoms with Crippen molar-refractivity contribution in [2.45, 2.75) is 97.6 Å². The lowest BCUT2D eigenvalue weighted by atomic mass is 9.49. The number of aryl methyl sites for hydroxylation is 1. The summed E-state index contributed by atoms with van der Waals surface area (Å²) in [5, 5.41) is 30.6. The first-order valence-corrected chi connectivity index (χ1v) is 22.3. The van der Waals surface area contributed by atoms with E-state index in [0.29, 0.717) is 59.5 Å². The molecule has 4 unspecified atom stereocenters. The van der Waals surface area contributed by atoms with Gasteiger partial charge in [-0.3, -0.25) is 19.2 Å². The quantitative estimate of drug-likeness (QED) is 0.136. The number of rotatable bonds is 13. The topological polar surface area (TPSA) is 181 Å². The highest BCUT2D eigenvalue weighted by atomic mass is 35.5. The van der Waals surface area contributed by atoms with Crippen LogP contribution in [-0.4, -0.2) is 101 Å². The number of piperazine rings is 1. The second-order valence-corrected chi connectivity index (χ2v) is 19.3. The minimum absolute atomic E-state index is 0.00924. The molecule has 4 amide bonds. The van der Waals surface area contributed by atoms with E-state index in [0.717, 1.165) is 11.3 Å². The van der Waals surface area contributed by atoms with Crippen LogP contribution in [0.1, 0.15) is 99.3 Å². The normalized spacial score (nSPS) is 22.2. The molecule has 3 aliphatic rings. The van der Waals surface area contributed by atoms with Crippen molar-refractivity contribution in [3.63, 3.8) is 0 Å². The zero-order valence-electron chi connectivity index (χ0n) is 37.5. The van der Waals surface area contributed by atoms with Gasteiger partial charge in [0.2, 0.25) is 17.7 Å². The lowest BCUT2D eigenvalue weighted by Crippen LogP contribution is -2.74. The number of carbonyl (C=O) groups is 4. The van der Waals surface area contributed by atoms with E-state index in [9.17, 15) is 29.5 Å². The fraction of sp³-hybridized carbons (Fsp3) is 0.469. The largest absolute Gasteiger partial charge is 0.489 e. The zero-order chi connectivity index (χ0) is 46.1. The second-order valence-electron chi connectivity index (χ2n) is 18.9. The van der Waals surface area contributed by atoms with Gasteiger partial charge < -0.3 is 39.7 Å². The van der Waals surface area contributed by atoms with Crippen LogP contribution in [0.3, 0.4) is 0 Å². The third-order valence-electron chi connectivity index (χ3n) is 13.2. The number of halogens is 1. The Hall–Kier alpha value is -5.91. The van der Waals surface area contributed by atoms with E-state index in [4.69, 9.17) is 20.9 Å². The first-order chi connectivity index (χ1) is 30.4. The summed E-state index contributed by atoms with van der Waals surface area (Å²) in [7, 11) is 0. The molecule has 3 aromatic carbocycles. The van der Waals surface area contributed by atoms with Crippen molar-refractivity contribution in [1.29, 1.82) is 5.26 Å². The first-order valence-electron chi connectivity index (χ1n) is 22.0. The van der Waals surface area contributed by atoms with Gasteiger partial charge in [0.05, 0.1) is 34.8 Å². The summed E-state index contributed by atoms with van der Waals surface area (Å²) in [6.07, 6.45) is -1.01. The Morgan fingerprint density at radius 1 is 0.969 bits per heavy atom. The predicted octanol–water partition coefficient (Wildman–Crippen LogP) is 6.42.